The third kappa shape index (κ3) is 2.97. The number of aryl methyl sites for hydroxylation is 1. The van der Waals surface area contributed by atoms with Gasteiger partial charge in [0, 0.05) is 11.6 Å². The highest BCUT2D eigenvalue weighted by Crippen LogP contribution is 2.40. The molecule has 0 spiro atoms. The predicted octanol–water partition coefficient (Wildman–Crippen LogP) is 4.31. The van der Waals surface area contributed by atoms with Crippen molar-refractivity contribution in [3.8, 4) is 0 Å². The van der Waals surface area contributed by atoms with E-state index in [1.54, 1.807) is 0 Å². The van der Waals surface area contributed by atoms with Gasteiger partial charge in [-0.15, -0.1) is 0 Å². The van der Waals surface area contributed by atoms with Crippen LogP contribution in [-0.4, -0.2) is 6.54 Å². The Balaban J connectivity index is 2.10. The fraction of sp³-hybridized carbons (Fsp3) is 0.750. The van der Waals surface area contributed by atoms with Gasteiger partial charge < -0.3 is 9.73 Å². The van der Waals surface area contributed by atoms with Crippen molar-refractivity contribution in [3.63, 3.8) is 0 Å². The number of furan rings is 1. The summed E-state index contributed by atoms with van der Waals surface area (Å²) in [4.78, 5) is 0. The lowest BCUT2D eigenvalue weighted by Gasteiger charge is -2.36. The largest absolute Gasteiger partial charge is 0.469 e. The zero-order chi connectivity index (χ0) is 13.1. The summed E-state index contributed by atoms with van der Waals surface area (Å²) in [6.07, 6.45) is 5.98. The fourth-order valence-corrected chi connectivity index (χ4v) is 3.30. The molecule has 1 fully saturated rings. The minimum absolute atomic E-state index is 0.474. The quantitative estimate of drug-likeness (QED) is 0.860. The van der Waals surface area contributed by atoms with Crippen LogP contribution in [0, 0.1) is 24.7 Å². The van der Waals surface area contributed by atoms with E-state index in [2.05, 4.69) is 32.2 Å². The van der Waals surface area contributed by atoms with Gasteiger partial charge in [0.1, 0.15) is 5.76 Å². The Morgan fingerprint density at radius 2 is 2.11 bits per heavy atom. The maximum Gasteiger partial charge on any atom is 0.101 e. The Morgan fingerprint density at radius 1 is 1.33 bits per heavy atom. The molecule has 0 saturated heterocycles. The lowest BCUT2D eigenvalue weighted by Crippen LogP contribution is -2.33. The molecule has 1 heterocycles. The molecule has 0 amide bonds. The number of hydrogen-bond acceptors (Lipinski definition) is 2. The molecular weight excluding hydrogens is 222 g/mol. The van der Waals surface area contributed by atoms with E-state index in [9.17, 15) is 0 Å². The zero-order valence-corrected chi connectivity index (χ0v) is 12.2. The summed E-state index contributed by atoms with van der Waals surface area (Å²) in [6.45, 7) is 10.0. The summed E-state index contributed by atoms with van der Waals surface area (Å²) in [5.74, 6) is 3.51. The second-order valence-corrected chi connectivity index (χ2v) is 6.05. The van der Waals surface area contributed by atoms with Crippen LogP contribution in [0.3, 0.4) is 0 Å². The summed E-state index contributed by atoms with van der Waals surface area (Å²) in [5, 5.41) is 3.66. The number of rotatable bonds is 4. The summed E-state index contributed by atoms with van der Waals surface area (Å²) in [5.41, 5.74) is 1.33. The van der Waals surface area contributed by atoms with Crippen molar-refractivity contribution in [1.82, 2.24) is 5.32 Å². The molecule has 0 aromatic carbocycles. The van der Waals surface area contributed by atoms with Crippen molar-refractivity contribution in [3.05, 3.63) is 23.7 Å². The minimum atomic E-state index is 0.474. The predicted molar refractivity (Wildman–Crippen MR) is 75.5 cm³/mol. The standard InChI is InChI=1S/C16H27NO/c1-5-17-16(15-9-13(4)18-10-15)14-7-6-11(2)12(3)8-14/h9-12,14,16-17H,5-8H2,1-4H3. The van der Waals surface area contributed by atoms with Crippen molar-refractivity contribution in [2.75, 3.05) is 6.54 Å². The van der Waals surface area contributed by atoms with Gasteiger partial charge in [0.15, 0.2) is 0 Å². The molecule has 4 atom stereocenters. The molecule has 18 heavy (non-hydrogen) atoms. The Morgan fingerprint density at radius 3 is 2.67 bits per heavy atom. The van der Waals surface area contributed by atoms with E-state index in [0.717, 1.165) is 30.1 Å². The molecule has 1 aliphatic rings. The molecular formula is C16H27NO. The normalized spacial score (nSPS) is 30.3. The Kier molecular flexibility index (Phi) is 4.50. The molecule has 1 aromatic heterocycles. The molecule has 1 aliphatic carbocycles. The number of nitrogens with one attached hydrogen (secondary N) is 1. The fourth-order valence-electron chi connectivity index (χ4n) is 3.30. The lowest BCUT2D eigenvalue weighted by molar-refractivity contribution is 0.171. The second kappa shape index (κ2) is 5.92. The molecule has 102 valence electrons. The van der Waals surface area contributed by atoms with Crippen LogP contribution in [0.4, 0.5) is 0 Å². The first-order valence-electron chi connectivity index (χ1n) is 7.40. The Hall–Kier alpha value is -0.760. The van der Waals surface area contributed by atoms with E-state index in [4.69, 9.17) is 4.42 Å². The topological polar surface area (TPSA) is 25.2 Å². The van der Waals surface area contributed by atoms with Gasteiger partial charge in [-0.25, -0.2) is 0 Å². The van der Waals surface area contributed by atoms with E-state index < -0.39 is 0 Å². The van der Waals surface area contributed by atoms with Crippen LogP contribution in [0.2, 0.25) is 0 Å². The van der Waals surface area contributed by atoms with Gasteiger partial charge in [0.25, 0.3) is 0 Å². The first kappa shape index (κ1) is 13.7. The number of hydrogen-bond donors (Lipinski definition) is 1. The van der Waals surface area contributed by atoms with E-state index in [-0.39, 0.29) is 0 Å². The molecule has 2 nitrogen and oxygen atoms in total. The monoisotopic (exact) mass is 249 g/mol. The third-order valence-corrected chi connectivity index (χ3v) is 4.64. The van der Waals surface area contributed by atoms with Gasteiger partial charge in [0.2, 0.25) is 0 Å². The van der Waals surface area contributed by atoms with Crippen LogP contribution in [0.1, 0.15) is 57.4 Å². The summed E-state index contributed by atoms with van der Waals surface area (Å²) in [6, 6.07) is 2.66. The maximum absolute atomic E-state index is 5.49. The highest BCUT2D eigenvalue weighted by molar-refractivity contribution is 5.17. The summed E-state index contributed by atoms with van der Waals surface area (Å²) in [7, 11) is 0. The van der Waals surface area contributed by atoms with Crippen molar-refractivity contribution < 1.29 is 4.42 Å². The molecule has 1 saturated carbocycles. The Labute approximate surface area is 111 Å². The molecule has 2 heteroatoms. The third-order valence-electron chi connectivity index (χ3n) is 4.64. The highest BCUT2D eigenvalue weighted by Gasteiger charge is 2.31. The highest BCUT2D eigenvalue weighted by atomic mass is 16.3. The molecule has 1 aromatic rings. The van der Waals surface area contributed by atoms with Gasteiger partial charge in [-0.1, -0.05) is 27.2 Å². The van der Waals surface area contributed by atoms with Gasteiger partial charge in [-0.05, 0) is 50.1 Å². The molecule has 2 rings (SSSR count). The van der Waals surface area contributed by atoms with Crippen LogP contribution in [0.15, 0.2) is 16.7 Å². The van der Waals surface area contributed by atoms with Gasteiger partial charge >= 0.3 is 0 Å². The van der Waals surface area contributed by atoms with E-state index in [1.165, 1.54) is 24.8 Å². The van der Waals surface area contributed by atoms with Crippen molar-refractivity contribution >= 4 is 0 Å². The van der Waals surface area contributed by atoms with Crippen molar-refractivity contribution in [2.45, 2.75) is 53.0 Å². The van der Waals surface area contributed by atoms with E-state index >= 15 is 0 Å². The van der Waals surface area contributed by atoms with Crippen molar-refractivity contribution in [1.29, 1.82) is 0 Å². The van der Waals surface area contributed by atoms with Crippen LogP contribution in [0.25, 0.3) is 0 Å². The van der Waals surface area contributed by atoms with Crippen LogP contribution in [-0.2, 0) is 0 Å². The van der Waals surface area contributed by atoms with Gasteiger partial charge in [-0.2, -0.15) is 0 Å². The molecule has 1 N–H and O–H groups in total. The van der Waals surface area contributed by atoms with Crippen LogP contribution < -0.4 is 5.32 Å². The average molecular weight is 249 g/mol. The summed E-state index contributed by atoms with van der Waals surface area (Å²) < 4.78 is 5.49. The molecule has 0 radical (unpaired) electrons. The zero-order valence-electron chi connectivity index (χ0n) is 12.2. The molecule has 0 aliphatic heterocycles. The smallest absolute Gasteiger partial charge is 0.101 e. The SMILES string of the molecule is CCNC(c1coc(C)c1)C1CCC(C)C(C)C1. The van der Waals surface area contributed by atoms with Crippen molar-refractivity contribution in [2.24, 2.45) is 17.8 Å². The average Bonchev–Trinajstić information content (AvgIpc) is 2.76. The lowest BCUT2D eigenvalue weighted by atomic mass is 9.72. The summed E-state index contributed by atoms with van der Waals surface area (Å²) >= 11 is 0. The van der Waals surface area contributed by atoms with Crippen LogP contribution >= 0.6 is 0 Å². The molecule has 4 unspecified atom stereocenters. The van der Waals surface area contributed by atoms with Gasteiger partial charge in [0.05, 0.1) is 6.26 Å². The first-order valence-corrected chi connectivity index (χ1v) is 7.40. The second-order valence-electron chi connectivity index (χ2n) is 6.05. The van der Waals surface area contributed by atoms with Crippen LogP contribution in [0.5, 0.6) is 0 Å². The van der Waals surface area contributed by atoms with E-state index in [0.29, 0.717) is 6.04 Å². The van der Waals surface area contributed by atoms with Gasteiger partial charge in [-0.3, -0.25) is 0 Å². The minimum Gasteiger partial charge on any atom is -0.469 e. The van der Waals surface area contributed by atoms with E-state index in [1.807, 2.05) is 13.2 Å². The maximum atomic E-state index is 5.49. The first-order chi connectivity index (χ1) is 8.61. The molecule has 0 bridgehead atoms. The Bertz CT molecular complexity index is 371.